The number of piperidine rings is 1. The molecule has 2 aliphatic heterocycles. The van der Waals surface area contributed by atoms with Gasteiger partial charge >= 0.3 is 0 Å². The number of rotatable bonds is 5. The molecule has 3 heterocycles. The molecule has 2 fully saturated rings. The molecule has 1 aromatic heterocycles. The van der Waals surface area contributed by atoms with Gasteiger partial charge in [-0.2, -0.15) is 0 Å². The van der Waals surface area contributed by atoms with Crippen LogP contribution in [-0.2, 0) is 11.2 Å². The number of hydrogen-bond acceptors (Lipinski definition) is 3. The second-order valence-corrected chi connectivity index (χ2v) is 8.09. The van der Waals surface area contributed by atoms with Gasteiger partial charge in [0, 0.05) is 44.2 Å². The van der Waals surface area contributed by atoms with Gasteiger partial charge in [0.05, 0.1) is 0 Å². The van der Waals surface area contributed by atoms with Crippen molar-refractivity contribution in [3.63, 3.8) is 0 Å². The summed E-state index contributed by atoms with van der Waals surface area (Å²) in [6.07, 6.45) is 6.07. The lowest BCUT2D eigenvalue weighted by Crippen LogP contribution is -2.44. The molecule has 2 amide bonds. The van der Waals surface area contributed by atoms with Gasteiger partial charge in [0.25, 0.3) is 5.91 Å². The van der Waals surface area contributed by atoms with Crippen LogP contribution < -0.4 is 0 Å². The molecular weight excluding hydrogens is 350 g/mol. The molecule has 5 heteroatoms. The van der Waals surface area contributed by atoms with Crippen molar-refractivity contribution in [1.82, 2.24) is 14.8 Å². The van der Waals surface area contributed by atoms with Gasteiger partial charge in [0.1, 0.15) is 5.69 Å². The number of aromatic nitrogens is 1. The van der Waals surface area contributed by atoms with Crippen LogP contribution in [0.3, 0.4) is 0 Å². The summed E-state index contributed by atoms with van der Waals surface area (Å²) in [5.74, 6) is 0.275. The molecule has 146 valence electrons. The van der Waals surface area contributed by atoms with E-state index < -0.39 is 0 Å². The van der Waals surface area contributed by atoms with Crippen LogP contribution in [0.4, 0.5) is 0 Å². The molecule has 4 rings (SSSR count). The first-order chi connectivity index (χ1) is 13.7. The monoisotopic (exact) mass is 377 g/mol. The molecule has 5 nitrogen and oxygen atoms in total. The number of carbonyl (C=O) groups excluding carboxylic acids is 2. The number of likely N-dealkylation sites (tertiary alicyclic amines) is 2. The molecule has 0 radical (unpaired) electrons. The fraction of sp³-hybridized carbons (Fsp3) is 0.435. The van der Waals surface area contributed by atoms with Crippen molar-refractivity contribution in [1.29, 1.82) is 0 Å². The van der Waals surface area contributed by atoms with Crippen LogP contribution in [0.2, 0.25) is 0 Å². The zero-order chi connectivity index (χ0) is 19.4. The van der Waals surface area contributed by atoms with Gasteiger partial charge in [-0.25, -0.2) is 0 Å². The standard InChI is InChI=1S/C23H27N3O2/c27-21-17-23(18-26(21)14-6-9-19-7-2-1-3-8-19)11-15-25(16-12-23)22(28)20-10-4-5-13-24-20/h1-5,7-8,10,13H,6,9,11-12,14-18H2. The molecule has 2 aliphatic rings. The van der Waals surface area contributed by atoms with Crippen LogP contribution in [0, 0.1) is 5.41 Å². The van der Waals surface area contributed by atoms with Crippen LogP contribution in [-0.4, -0.2) is 52.8 Å². The summed E-state index contributed by atoms with van der Waals surface area (Å²) in [5.41, 5.74) is 1.87. The Bertz CT molecular complexity index is 814. The molecule has 28 heavy (non-hydrogen) atoms. The topological polar surface area (TPSA) is 53.5 Å². The highest BCUT2D eigenvalue weighted by molar-refractivity contribution is 5.92. The Hall–Kier alpha value is -2.69. The van der Waals surface area contributed by atoms with E-state index in [4.69, 9.17) is 0 Å². The number of aryl methyl sites for hydroxylation is 1. The van der Waals surface area contributed by atoms with Gasteiger partial charge in [-0.15, -0.1) is 0 Å². The Morgan fingerprint density at radius 3 is 2.50 bits per heavy atom. The van der Waals surface area contributed by atoms with Gasteiger partial charge in [-0.05, 0) is 43.4 Å². The fourth-order valence-electron chi connectivity index (χ4n) is 4.47. The molecule has 0 aliphatic carbocycles. The van der Waals surface area contributed by atoms with Crippen molar-refractivity contribution < 1.29 is 9.59 Å². The van der Waals surface area contributed by atoms with Crippen molar-refractivity contribution >= 4 is 11.8 Å². The van der Waals surface area contributed by atoms with Gasteiger partial charge in [-0.1, -0.05) is 36.4 Å². The Labute approximate surface area is 166 Å². The van der Waals surface area contributed by atoms with Crippen molar-refractivity contribution in [2.45, 2.75) is 32.1 Å². The maximum absolute atomic E-state index is 12.6. The minimum absolute atomic E-state index is 0.000472. The van der Waals surface area contributed by atoms with Crippen molar-refractivity contribution in [2.75, 3.05) is 26.2 Å². The highest BCUT2D eigenvalue weighted by Crippen LogP contribution is 2.41. The molecule has 1 aromatic carbocycles. The van der Waals surface area contributed by atoms with E-state index in [0.29, 0.717) is 25.2 Å². The lowest BCUT2D eigenvalue weighted by atomic mass is 9.77. The number of pyridine rings is 1. The Balaban J connectivity index is 1.28. The van der Waals surface area contributed by atoms with Crippen LogP contribution in [0.1, 0.15) is 41.7 Å². The van der Waals surface area contributed by atoms with Gasteiger partial charge in [0.2, 0.25) is 5.91 Å². The number of benzene rings is 1. The van der Waals surface area contributed by atoms with E-state index in [0.717, 1.165) is 38.8 Å². The Morgan fingerprint density at radius 2 is 1.79 bits per heavy atom. The van der Waals surface area contributed by atoms with Gasteiger partial charge < -0.3 is 9.80 Å². The van der Waals surface area contributed by atoms with Gasteiger partial charge in [-0.3, -0.25) is 14.6 Å². The van der Waals surface area contributed by atoms with Crippen LogP contribution >= 0.6 is 0 Å². The molecule has 2 saturated heterocycles. The van der Waals surface area contributed by atoms with E-state index in [1.807, 2.05) is 28.0 Å². The van der Waals surface area contributed by atoms with E-state index in [2.05, 4.69) is 29.2 Å². The first-order valence-electron chi connectivity index (χ1n) is 10.2. The Morgan fingerprint density at radius 1 is 1.04 bits per heavy atom. The Kier molecular flexibility index (Phi) is 5.42. The molecule has 0 bridgehead atoms. The highest BCUT2D eigenvalue weighted by atomic mass is 16.2. The molecule has 1 spiro atoms. The third kappa shape index (κ3) is 4.08. The van der Waals surface area contributed by atoms with Gasteiger partial charge in [0.15, 0.2) is 0 Å². The van der Waals surface area contributed by atoms with E-state index in [9.17, 15) is 9.59 Å². The van der Waals surface area contributed by atoms with Crippen molar-refractivity contribution in [2.24, 2.45) is 5.41 Å². The van der Waals surface area contributed by atoms with E-state index in [1.165, 1.54) is 5.56 Å². The summed E-state index contributed by atoms with van der Waals surface area (Å²) in [5, 5.41) is 0. The first-order valence-corrected chi connectivity index (χ1v) is 10.2. The molecule has 2 aromatic rings. The SMILES string of the molecule is O=C1CC2(CCN(C(=O)c3ccccn3)CC2)CN1CCCc1ccccc1. The largest absolute Gasteiger partial charge is 0.342 e. The number of nitrogens with zero attached hydrogens (tertiary/aromatic N) is 3. The molecule has 0 unspecified atom stereocenters. The molecule has 0 atom stereocenters. The van der Waals surface area contributed by atoms with Crippen LogP contribution in [0.15, 0.2) is 54.7 Å². The lowest BCUT2D eigenvalue weighted by molar-refractivity contribution is -0.127. The molecule has 0 saturated carbocycles. The summed E-state index contributed by atoms with van der Waals surface area (Å²) in [6.45, 7) is 3.08. The summed E-state index contributed by atoms with van der Waals surface area (Å²) in [7, 11) is 0. The van der Waals surface area contributed by atoms with Crippen LogP contribution in [0.25, 0.3) is 0 Å². The number of carbonyl (C=O) groups is 2. The average Bonchev–Trinajstić information content (AvgIpc) is 3.04. The lowest BCUT2D eigenvalue weighted by Gasteiger charge is -2.38. The maximum Gasteiger partial charge on any atom is 0.272 e. The highest BCUT2D eigenvalue weighted by Gasteiger charge is 2.45. The smallest absolute Gasteiger partial charge is 0.272 e. The summed E-state index contributed by atoms with van der Waals surface area (Å²) < 4.78 is 0. The molecular formula is C23H27N3O2. The average molecular weight is 377 g/mol. The van der Waals surface area contributed by atoms with E-state index in [-0.39, 0.29) is 17.2 Å². The zero-order valence-electron chi connectivity index (χ0n) is 16.2. The summed E-state index contributed by atoms with van der Waals surface area (Å²) in [4.78, 5) is 33.3. The fourth-order valence-corrected chi connectivity index (χ4v) is 4.47. The predicted octanol–water partition coefficient (Wildman–Crippen LogP) is 3.17. The summed E-state index contributed by atoms with van der Waals surface area (Å²) in [6, 6.07) is 15.9. The normalized spacial score (nSPS) is 18.6. The minimum atomic E-state index is -0.000472. The van der Waals surface area contributed by atoms with E-state index in [1.54, 1.807) is 12.3 Å². The van der Waals surface area contributed by atoms with Crippen molar-refractivity contribution in [3.05, 3.63) is 66.0 Å². The maximum atomic E-state index is 12.6. The summed E-state index contributed by atoms with van der Waals surface area (Å²) >= 11 is 0. The second-order valence-electron chi connectivity index (χ2n) is 8.09. The van der Waals surface area contributed by atoms with E-state index >= 15 is 0 Å². The number of amides is 2. The molecule has 0 N–H and O–H groups in total. The van der Waals surface area contributed by atoms with Crippen molar-refractivity contribution in [3.8, 4) is 0 Å². The number of hydrogen-bond donors (Lipinski definition) is 0. The predicted molar refractivity (Wildman–Crippen MR) is 108 cm³/mol. The third-order valence-electron chi connectivity index (χ3n) is 6.14. The first kappa shape index (κ1) is 18.7. The minimum Gasteiger partial charge on any atom is -0.342 e. The quantitative estimate of drug-likeness (QED) is 0.804. The zero-order valence-corrected chi connectivity index (χ0v) is 16.2. The second kappa shape index (κ2) is 8.13. The third-order valence-corrected chi connectivity index (χ3v) is 6.14. The van der Waals surface area contributed by atoms with Crippen LogP contribution in [0.5, 0.6) is 0 Å².